The maximum Gasteiger partial charge on any atom is 0.146 e. The van der Waals surface area contributed by atoms with Crippen molar-refractivity contribution in [3.8, 4) is 0 Å². The van der Waals surface area contributed by atoms with Gasteiger partial charge in [0.2, 0.25) is 0 Å². The van der Waals surface area contributed by atoms with Crippen LogP contribution < -0.4 is 10.2 Å². The van der Waals surface area contributed by atoms with Crippen LogP contribution in [0.15, 0.2) is 12.1 Å². The zero-order chi connectivity index (χ0) is 13.8. The molecule has 3 rings (SSSR count). The van der Waals surface area contributed by atoms with E-state index in [4.69, 9.17) is 0 Å². The van der Waals surface area contributed by atoms with Crippen molar-refractivity contribution in [2.24, 2.45) is 0 Å². The summed E-state index contributed by atoms with van der Waals surface area (Å²) in [6.07, 6.45) is 2.54. The molecule has 1 aliphatic heterocycles. The SMILES string of the molecule is CC.Cc1cc(F)c(N2CCNCC2)cc1C1CC1. The van der Waals surface area contributed by atoms with E-state index in [1.54, 1.807) is 6.07 Å². The molecule has 1 N–H and O–H groups in total. The summed E-state index contributed by atoms with van der Waals surface area (Å²) >= 11 is 0. The minimum absolute atomic E-state index is 0.0613. The number of anilines is 1. The number of hydrogen-bond donors (Lipinski definition) is 1. The Balaban J connectivity index is 0.000000637. The number of aryl methyl sites for hydroxylation is 1. The van der Waals surface area contributed by atoms with Gasteiger partial charge in [-0.05, 0) is 48.9 Å². The molecule has 0 unspecified atom stereocenters. The number of rotatable bonds is 2. The van der Waals surface area contributed by atoms with E-state index in [0.717, 1.165) is 37.4 Å². The Morgan fingerprint density at radius 1 is 1.16 bits per heavy atom. The molecule has 1 heterocycles. The van der Waals surface area contributed by atoms with Gasteiger partial charge in [0, 0.05) is 26.2 Å². The Hall–Kier alpha value is -1.09. The maximum atomic E-state index is 14.0. The third kappa shape index (κ3) is 3.27. The predicted octanol–water partition coefficient (Wildman–Crippen LogP) is 3.45. The molecule has 0 amide bonds. The first-order chi connectivity index (χ1) is 9.25. The standard InChI is InChI=1S/C14H19FN2.C2H6/c1-10-8-13(15)14(9-12(10)11-2-3-11)17-6-4-16-5-7-17;1-2/h8-9,11,16H,2-7H2,1H3;1-2H3. The molecular formula is C16H25FN2. The lowest BCUT2D eigenvalue weighted by molar-refractivity contribution is 0.565. The monoisotopic (exact) mass is 264 g/mol. The second-order valence-corrected chi connectivity index (χ2v) is 5.17. The van der Waals surface area contributed by atoms with Gasteiger partial charge in [0.25, 0.3) is 0 Å². The van der Waals surface area contributed by atoms with Crippen molar-refractivity contribution in [1.29, 1.82) is 0 Å². The van der Waals surface area contributed by atoms with Crippen molar-refractivity contribution in [2.75, 3.05) is 31.1 Å². The molecule has 19 heavy (non-hydrogen) atoms. The van der Waals surface area contributed by atoms with Gasteiger partial charge in [-0.25, -0.2) is 4.39 Å². The van der Waals surface area contributed by atoms with E-state index in [1.165, 1.54) is 18.4 Å². The second-order valence-electron chi connectivity index (χ2n) is 5.17. The van der Waals surface area contributed by atoms with Crippen LogP contribution in [0.4, 0.5) is 10.1 Å². The molecule has 0 aromatic heterocycles. The van der Waals surface area contributed by atoms with Crippen LogP contribution in [0.25, 0.3) is 0 Å². The summed E-state index contributed by atoms with van der Waals surface area (Å²) in [4.78, 5) is 2.16. The van der Waals surface area contributed by atoms with Crippen molar-refractivity contribution >= 4 is 5.69 Å². The molecule has 0 bridgehead atoms. The quantitative estimate of drug-likeness (QED) is 0.880. The van der Waals surface area contributed by atoms with Gasteiger partial charge in [0.05, 0.1) is 5.69 Å². The van der Waals surface area contributed by atoms with Crippen molar-refractivity contribution < 1.29 is 4.39 Å². The molecule has 2 nitrogen and oxygen atoms in total. The average Bonchev–Trinajstić information content (AvgIpc) is 3.27. The number of benzene rings is 1. The van der Waals surface area contributed by atoms with Gasteiger partial charge >= 0.3 is 0 Å². The van der Waals surface area contributed by atoms with Crippen LogP contribution in [0.5, 0.6) is 0 Å². The summed E-state index contributed by atoms with van der Waals surface area (Å²) < 4.78 is 14.0. The maximum absolute atomic E-state index is 14.0. The molecule has 0 atom stereocenters. The van der Waals surface area contributed by atoms with Gasteiger partial charge < -0.3 is 10.2 Å². The zero-order valence-corrected chi connectivity index (χ0v) is 12.3. The van der Waals surface area contributed by atoms with Crippen molar-refractivity contribution in [1.82, 2.24) is 5.32 Å². The highest BCUT2D eigenvalue weighted by Crippen LogP contribution is 2.43. The molecule has 1 aromatic rings. The van der Waals surface area contributed by atoms with Crippen LogP contribution in [0.2, 0.25) is 0 Å². The third-order valence-electron chi connectivity index (χ3n) is 3.81. The summed E-state index contributed by atoms with van der Waals surface area (Å²) in [7, 11) is 0. The molecule has 1 saturated heterocycles. The molecule has 0 radical (unpaired) electrons. The minimum Gasteiger partial charge on any atom is -0.367 e. The second kappa shape index (κ2) is 6.38. The molecule has 1 aromatic carbocycles. The van der Waals surface area contributed by atoms with Crippen molar-refractivity contribution in [3.05, 3.63) is 29.1 Å². The molecule has 106 valence electrons. The van der Waals surface area contributed by atoms with E-state index in [2.05, 4.69) is 16.3 Å². The summed E-state index contributed by atoms with van der Waals surface area (Å²) in [5.74, 6) is 0.631. The Morgan fingerprint density at radius 2 is 1.79 bits per heavy atom. The Labute approximate surface area is 116 Å². The van der Waals surface area contributed by atoms with E-state index >= 15 is 0 Å². The largest absolute Gasteiger partial charge is 0.367 e. The lowest BCUT2D eigenvalue weighted by Crippen LogP contribution is -2.43. The van der Waals surface area contributed by atoms with Crippen LogP contribution in [0, 0.1) is 12.7 Å². The van der Waals surface area contributed by atoms with E-state index < -0.39 is 0 Å². The fraction of sp³-hybridized carbons (Fsp3) is 0.625. The average molecular weight is 264 g/mol. The summed E-state index contributed by atoms with van der Waals surface area (Å²) in [5, 5.41) is 3.30. The lowest BCUT2D eigenvalue weighted by atomic mass is 10.0. The normalized spacial score (nSPS) is 18.8. The Morgan fingerprint density at radius 3 is 2.37 bits per heavy atom. The van der Waals surface area contributed by atoms with Gasteiger partial charge in [-0.2, -0.15) is 0 Å². The Bertz CT molecular complexity index is 421. The van der Waals surface area contributed by atoms with E-state index in [1.807, 2.05) is 20.8 Å². The van der Waals surface area contributed by atoms with Crippen LogP contribution in [0.1, 0.15) is 43.7 Å². The zero-order valence-electron chi connectivity index (χ0n) is 12.3. The van der Waals surface area contributed by atoms with Crippen LogP contribution >= 0.6 is 0 Å². The van der Waals surface area contributed by atoms with Gasteiger partial charge in [0.1, 0.15) is 5.82 Å². The molecule has 2 fully saturated rings. The van der Waals surface area contributed by atoms with Gasteiger partial charge in [-0.3, -0.25) is 0 Å². The first-order valence-corrected chi connectivity index (χ1v) is 7.51. The third-order valence-corrected chi connectivity index (χ3v) is 3.81. The topological polar surface area (TPSA) is 15.3 Å². The molecule has 3 heteroatoms. The molecule has 1 saturated carbocycles. The summed E-state index contributed by atoms with van der Waals surface area (Å²) in [6.45, 7) is 9.74. The highest BCUT2D eigenvalue weighted by molar-refractivity contribution is 5.54. The van der Waals surface area contributed by atoms with Crippen LogP contribution in [0.3, 0.4) is 0 Å². The van der Waals surface area contributed by atoms with Crippen LogP contribution in [-0.2, 0) is 0 Å². The summed E-state index contributed by atoms with van der Waals surface area (Å²) in [6, 6.07) is 3.80. The highest BCUT2D eigenvalue weighted by Gasteiger charge is 2.27. The molecule has 0 spiro atoms. The van der Waals surface area contributed by atoms with E-state index in [-0.39, 0.29) is 5.82 Å². The number of piperazine rings is 1. The van der Waals surface area contributed by atoms with Crippen molar-refractivity contribution in [3.63, 3.8) is 0 Å². The first-order valence-electron chi connectivity index (χ1n) is 7.51. The van der Waals surface area contributed by atoms with Crippen LogP contribution in [-0.4, -0.2) is 26.2 Å². The van der Waals surface area contributed by atoms with Gasteiger partial charge in [-0.15, -0.1) is 0 Å². The van der Waals surface area contributed by atoms with Gasteiger partial charge in [-0.1, -0.05) is 13.8 Å². The first kappa shape index (κ1) is 14.3. The molecule has 1 aliphatic carbocycles. The Kier molecular flexibility index (Phi) is 4.81. The molecular weight excluding hydrogens is 239 g/mol. The fourth-order valence-corrected chi connectivity index (χ4v) is 2.66. The molecule has 2 aliphatic rings. The fourth-order valence-electron chi connectivity index (χ4n) is 2.66. The van der Waals surface area contributed by atoms with Gasteiger partial charge in [0.15, 0.2) is 0 Å². The van der Waals surface area contributed by atoms with Crippen molar-refractivity contribution in [2.45, 2.75) is 39.5 Å². The predicted molar refractivity (Wildman–Crippen MR) is 79.5 cm³/mol. The highest BCUT2D eigenvalue weighted by atomic mass is 19.1. The summed E-state index contributed by atoms with van der Waals surface area (Å²) in [5.41, 5.74) is 3.28. The van der Waals surface area contributed by atoms with E-state index in [0.29, 0.717) is 5.92 Å². The number of nitrogens with one attached hydrogen (secondary N) is 1. The smallest absolute Gasteiger partial charge is 0.146 e. The number of nitrogens with zero attached hydrogens (tertiary/aromatic N) is 1. The number of halogens is 1. The van der Waals surface area contributed by atoms with E-state index in [9.17, 15) is 4.39 Å². The lowest BCUT2D eigenvalue weighted by Gasteiger charge is -2.30. The minimum atomic E-state index is -0.0613. The number of hydrogen-bond acceptors (Lipinski definition) is 2.